The van der Waals surface area contributed by atoms with Crippen molar-refractivity contribution in [1.29, 1.82) is 0 Å². The zero-order valence-electron chi connectivity index (χ0n) is 9.37. The van der Waals surface area contributed by atoms with Crippen molar-refractivity contribution in [1.82, 2.24) is 4.90 Å². The van der Waals surface area contributed by atoms with Gasteiger partial charge in [-0.3, -0.25) is 0 Å². The summed E-state index contributed by atoms with van der Waals surface area (Å²) < 4.78 is 0. The van der Waals surface area contributed by atoms with Crippen LogP contribution in [-0.4, -0.2) is 18.0 Å². The first-order valence-electron chi connectivity index (χ1n) is 6.08. The number of rotatable bonds is 1. The molecule has 0 aromatic heterocycles. The van der Waals surface area contributed by atoms with Crippen molar-refractivity contribution in [3.8, 4) is 0 Å². The number of hydrogen-bond donors (Lipinski definition) is 0. The van der Waals surface area contributed by atoms with E-state index in [1.807, 2.05) is 13.8 Å². The van der Waals surface area contributed by atoms with Gasteiger partial charge in [-0.1, -0.05) is 26.0 Å². The molecule has 14 heavy (non-hydrogen) atoms. The van der Waals surface area contributed by atoms with Gasteiger partial charge in [0, 0.05) is 18.8 Å². The Morgan fingerprint density at radius 2 is 1.86 bits per heavy atom. The van der Waals surface area contributed by atoms with Gasteiger partial charge in [-0.2, -0.15) is 0 Å². The van der Waals surface area contributed by atoms with Gasteiger partial charge >= 0.3 is 0 Å². The van der Waals surface area contributed by atoms with Gasteiger partial charge in [0.2, 0.25) is 0 Å². The molecule has 3 aliphatic rings. The van der Waals surface area contributed by atoms with Gasteiger partial charge in [-0.25, -0.2) is 0 Å². The summed E-state index contributed by atoms with van der Waals surface area (Å²) in [6.07, 6.45) is 11.4. The average molecular weight is 191 g/mol. The van der Waals surface area contributed by atoms with Crippen LogP contribution in [-0.2, 0) is 0 Å². The maximum Gasteiger partial charge on any atom is 0.0325 e. The topological polar surface area (TPSA) is 3.24 Å². The van der Waals surface area contributed by atoms with Crippen LogP contribution in [0, 0.1) is 11.8 Å². The van der Waals surface area contributed by atoms with Crippen molar-refractivity contribution in [3.63, 3.8) is 0 Å². The van der Waals surface area contributed by atoms with Crippen molar-refractivity contribution in [2.45, 2.75) is 33.1 Å². The molecule has 0 aromatic carbocycles. The Morgan fingerprint density at radius 3 is 2.50 bits per heavy atom. The first-order valence-corrected chi connectivity index (χ1v) is 6.08. The molecule has 1 saturated carbocycles. The van der Waals surface area contributed by atoms with Crippen molar-refractivity contribution in [2.24, 2.45) is 11.8 Å². The van der Waals surface area contributed by atoms with Gasteiger partial charge < -0.3 is 4.90 Å². The lowest BCUT2D eigenvalue weighted by Crippen LogP contribution is -2.18. The van der Waals surface area contributed by atoms with Gasteiger partial charge in [0.1, 0.15) is 0 Å². The van der Waals surface area contributed by atoms with Crippen LogP contribution in [0.4, 0.5) is 0 Å². The fourth-order valence-electron chi connectivity index (χ4n) is 2.33. The summed E-state index contributed by atoms with van der Waals surface area (Å²) in [5.41, 5.74) is 1.51. The summed E-state index contributed by atoms with van der Waals surface area (Å²) in [6.45, 7) is 6.57. The largest absolute Gasteiger partial charge is 0.372 e. The van der Waals surface area contributed by atoms with Gasteiger partial charge in [0.05, 0.1) is 0 Å². The van der Waals surface area contributed by atoms with Crippen molar-refractivity contribution in [3.05, 3.63) is 23.9 Å². The van der Waals surface area contributed by atoms with E-state index < -0.39 is 0 Å². The van der Waals surface area contributed by atoms with Crippen molar-refractivity contribution >= 4 is 0 Å². The summed E-state index contributed by atoms with van der Waals surface area (Å²) in [4.78, 5) is 2.53. The highest BCUT2D eigenvalue weighted by atomic mass is 15.1. The van der Waals surface area contributed by atoms with E-state index in [-0.39, 0.29) is 0 Å². The first-order chi connectivity index (χ1) is 6.93. The highest BCUT2D eigenvalue weighted by Gasteiger charge is 2.35. The van der Waals surface area contributed by atoms with Crippen molar-refractivity contribution in [2.75, 3.05) is 13.1 Å². The summed E-state index contributed by atoms with van der Waals surface area (Å²) >= 11 is 0. The van der Waals surface area contributed by atoms with E-state index >= 15 is 0 Å². The average Bonchev–Trinajstić information content (AvgIpc) is 2.82. The summed E-state index contributed by atoms with van der Waals surface area (Å²) in [6, 6.07) is 0. The Labute approximate surface area is 87.5 Å². The van der Waals surface area contributed by atoms with Crippen LogP contribution in [0.2, 0.25) is 0 Å². The number of nitrogens with zero attached hydrogens (tertiary/aromatic N) is 1. The van der Waals surface area contributed by atoms with Crippen LogP contribution in [0.5, 0.6) is 0 Å². The molecule has 1 heteroatoms. The molecule has 0 aromatic rings. The second-order valence-corrected chi connectivity index (χ2v) is 4.21. The van der Waals surface area contributed by atoms with Gasteiger partial charge in [-0.05, 0) is 37.2 Å². The molecule has 2 aliphatic carbocycles. The minimum atomic E-state index is 0.908. The Kier molecular flexibility index (Phi) is 2.95. The maximum absolute atomic E-state index is 2.53. The molecule has 2 fully saturated rings. The molecule has 3 rings (SSSR count). The predicted octanol–water partition coefficient (Wildman–Crippen LogP) is 3.20. The third-order valence-electron chi connectivity index (χ3n) is 3.26. The normalized spacial score (nSPS) is 33.0. The van der Waals surface area contributed by atoms with Crippen LogP contribution in [0.1, 0.15) is 33.1 Å². The molecule has 78 valence electrons. The minimum absolute atomic E-state index is 0.908. The molecular formula is C13H21N. The molecule has 1 aliphatic heterocycles. The second-order valence-electron chi connectivity index (χ2n) is 4.21. The Bertz CT molecular complexity index is 246. The molecule has 0 bridgehead atoms. The zero-order chi connectivity index (χ0) is 9.97. The third-order valence-corrected chi connectivity index (χ3v) is 3.26. The predicted molar refractivity (Wildman–Crippen MR) is 61.0 cm³/mol. The molecule has 0 N–H and O–H groups in total. The molecule has 0 amide bonds. The van der Waals surface area contributed by atoms with E-state index in [0.29, 0.717) is 0 Å². The van der Waals surface area contributed by atoms with E-state index in [1.54, 1.807) is 0 Å². The van der Waals surface area contributed by atoms with Crippen molar-refractivity contribution < 1.29 is 0 Å². The monoisotopic (exact) mass is 191 g/mol. The summed E-state index contributed by atoms with van der Waals surface area (Å²) in [5, 5.41) is 0. The molecule has 2 unspecified atom stereocenters. The van der Waals surface area contributed by atoms with Gasteiger partial charge in [-0.15, -0.1) is 0 Å². The van der Waals surface area contributed by atoms with E-state index in [2.05, 4.69) is 23.1 Å². The van der Waals surface area contributed by atoms with Crippen LogP contribution in [0.15, 0.2) is 23.9 Å². The van der Waals surface area contributed by atoms with Crippen LogP contribution in [0.3, 0.4) is 0 Å². The minimum Gasteiger partial charge on any atom is -0.372 e. The smallest absolute Gasteiger partial charge is 0.0325 e. The first kappa shape index (κ1) is 9.82. The standard InChI is InChI=1S/C11H15N.C2H6/c1-2-6-12(5-1)11-4-3-9-7-10(9)8-11;1-2/h3-4,8-10H,1-2,5-7H2;1-2H3. The third kappa shape index (κ3) is 1.87. The van der Waals surface area contributed by atoms with E-state index in [0.717, 1.165) is 11.8 Å². The van der Waals surface area contributed by atoms with Crippen LogP contribution >= 0.6 is 0 Å². The molecular weight excluding hydrogens is 170 g/mol. The molecule has 1 saturated heterocycles. The molecule has 0 spiro atoms. The van der Waals surface area contributed by atoms with Gasteiger partial charge in [0.25, 0.3) is 0 Å². The quantitative estimate of drug-likeness (QED) is 0.615. The fraction of sp³-hybridized carbons (Fsp3) is 0.692. The lowest BCUT2D eigenvalue weighted by Gasteiger charge is -2.20. The fourth-order valence-corrected chi connectivity index (χ4v) is 2.33. The molecule has 2 atom stereocenters. The highest BCUT2D eigenvalue weighted by molar-refractivity contribution is 5.30. The molecule has 1 nitrogen and oxygen atoms in total. The zero-order valence-corrected chi connectivity index (χ0v) is 9.37. The summed E-state index contributed by atoms with van der Waals surface area (Å²) in [5.74, 6) is 1.82. The number of likely N-dealkylation sites (tertiary alicyclic amines) is 1. The lowest BCUT2D eigenvalue weighted by atomic mass is 10.1. The Balaban J connectivity index is 0.000000354. The SMILES string of the molecule is C1=CC2CC2C=C1N1CCCC1.CC. The number of hydrogen-bond acceptors (Lipinski definition) is 1. The summed E-state index contributed by atoms with van der Waals surface area (Å²) in [7, 11) is 0. The second kappa shape index (κ2) is 4.20. The Hall–Kier alpha value is -0.720. The maximum atomic E-state index is 2.53. The van der Waals surface area contributed by atoms with E-state index in [9.17, 15) is 0 Å². The molecule has 0 radical (unpaired) electrons. The Morgan fingerprint density at radius 1 is 1.14 bits per heavy atom. The van der Waals surface area contributed by atoms with E-state index in [4.69, 9.17) is 0 Å². The number of fused-ring (bicyclic) bond motifs is 1. The van der Waals surface area contributed by atoms with Crippen LogP contribution in [0.25, 0.3) is 0 Å². The number of allylic oxidation sites excluding steroid dienone is 3. The van der Waals surface area contributed by atoms with E-state index in [1.165, 1.54) is 38.0 Å². The van der Waals surface area contributed by atoms with Gasteiger partial charge in [0.15, 0.2) is 0 Å². The highest BCUT2D eigenvalue weighted by Crippen LogP contribution is 2.44. The lowest BCUT2D eigenvalue weighted by molar-refractivity contribution is 0.435. The van der Waals surface area contributed by atoms with Crippen LogP contribution < -0.4 is 0 Å². The molecule has 1 heterocycles.